The van der Waals surface area contributed by atoms with Crippen LogP contribution in [0.4, 0.5) is 5.69 Å². The Morgan fingerprint density at radius 2 is 2.14 bits per heavy atom. The number of nitrogens with one attached hydrogen (secondary N) is 1. The molecule has 1 amide bonds. The zero-order valence-electron chi connectivity index (χ0n) is 11.7. The van der Waals surface area contributed by atoms with Crippen LogP contribution in [0.25, 0.3) is 0 Å². The predicted molar refractivity (Wildman–Crippen MR) is 73.2 cm³/mol. The van der Waals surface area contributed by atoms with E-state index in [2.05, 4.69) is 5.32 Å². The molecule has 0 aliphatic rings. The third-order valence-electron chi connectivity index (χ3n) is 2.86. The molecule has 8 heteroatoms. The lowest BCUT2D eigenvalue weighted by molar-refractivity contribution is -0.384. The fourth-order valence-corrected chi connectivity index (χ4v) is 1.73. The Bertz CT molecular complexity index is 558. The van der Waals surface area contributed by atoms with Crippen LogP contribution in [-0.4, -0.2) is 35.1 Å². The minimum atomic E-state index is -1.18. The van der Waals surface area contributed by atoms with Gasteiger partial charge < -0.3 is 15.2 Å². The van der Waals surface area contributed by atoms with Gasteiger partial charge in [-0.2, -0.15) is 0 Å². The maximum absolute atomic E-state index is 11.3. The lowest BCUT2D eigenvalue weighted by Gasteiger charge is -2.15. The van der Waals surface area contributed by atoms with Crippen molar-refractivity contribution in [2.75, 3.05) is 7.11 Å². The molecular weight excluding hydrogens is 280 g/mol. The maximum Gasteiger partial charge on any atom is 0.326 e. The maximum atomic E-state index is 11.3. The van der Waals surface area contributed by atoms with Crippen molar-refractivity contribution in [2.45, 2.75) is 25.8 Å². The van der Waals surface area contributed by atoms with Crippen molar-refractivity contribution in [3.8, 4) is 5.75 Å². The van der Waals surface area contributed by atoms with E-state index >= 15 is 0 Å². The number of ether oxygens (including phenoxy) is 1. The Morgan fingerprint density at radius 3 is 2.62 bits per heavy atom. The van der Waals surface area contributed by atoms with E-state index in [9.17, 15) is 19.7 Å². The summed E-state index contributed by atoms with van der Waals surface area (Å²) < 4.78 is 5.04. The molecule has 1 aromatic rings. The number of amides is 1. The topological polar surface area (TPSA) is 119 Å². The summed E-state index contributed by atoms with van der Waals surface area (Å²) in [7, 11) is 1.34. The number of aliphatic carboxylic acids is 1. The monoisotopic (exact) mass is 296 g/mol. The van der Waals surface area contributed by atoms with Gasteiger partial charge in [-0.15, -0.1) is 0 Å². The summed E-state index contributed by atoms with van der Waals surface area (Å²) in [5, 5.41) is 22.2. The van der Waals surface area contributed by atoms with E-state index in [0.29, 0.717) is 5.56 Å². The van der Waals surface area contributed by atoms with Crippen LogP contribution in [0.5, 0.6) is 5.75 Å². The zero-order valence-corrected chi connectivity index (χ0v) is 11.7. The van der Waals surface area contributed by atoms with Gasteiger partial charge in [0.05, 0.1) is 18.1 Å². The number of carbonyl (C=O) groups excluding carboxylic acids is 1. The van der Waals surface area contributed by atoms with Crippen LogP contribution in [0.15, 0.2) is 18.2 Å². The van der Waals surface area contributed by atoms with Gasteiger partial charge in [-0.05, 0) is 11.6 Å². The van der Waals surface area contributed by atoms with Crippen LogP contribution in [0.2, 0.25) is 0 Å². The van der Waals surface area contributed by atoms with Crippen molar-refractivity contribution in [1.82, 2.24) is 5.32 Å². The quantitative estimate of drug-likeness (QED) is 0.575. The average molecular weight is 296 g/mol. The molecule has 0 saturated carbocycles. The summed E-state index contributed by atoms with van der Waals surface area (Å²) in [6.45, 7) is 1.61. The van der Waals surface area contributed by atoms with Gasteiger partial charge in [-0.25, -0.2) is 4.79 Å². The predicted octanol–water partition coefficient (Wildman–Crippen LogP) is 1.13. The van der Waals surface area contributed by atoms with Crippen molar-refractivity contribution in [1.29, 1.82) is 0 Å². The summed E-state index contributed by atoms with van der Waals surface area (Å²) in [6.07, 6.45) is 0.142. The number of rotatable bonds is 7. The third kappa shape index (κ3) is 4.44. The second kappa shape index (κ2) is 7.22. The van der Waals surface area contributed by atoms with E-state index < -0.39 is 16.9 Å². The molecule has 1 aromatic carbocycles. The van der Waals surface area contributed by atoms with Gasteiger partial charge in [0.1, 0.15) is 11.8 Å². The highest BCUT2D eigenvalue weighted by atomic mass is 16.6. The number of carboxylic acid groups (broad SMARTS) is 1. The van der Waals surface area contributed by atoms with Gasteiger partial charge in [0, 0.05) is 18.9 Å². The number of nitro groups is 1. The summed E-state index contributed by atoms with van der Waals surface area (Å²) in [5.41, 5.74) is 0.312. The third-order valence-corrected chi connectivity index (χ3v) is 2.86. The van der Waals surface area contributed by atoms with Gasteiger partial charge in [0.2, 0.25) is 5.91 Å². The minimum absolute atomic E-state index is 0.0256. The van der Waals surface area contributed by atoms with Crippen LogP contribution < -0.4 is 10.1 Å². The highest BCUT2D eigenvalue weighted by Gasteiger charge is 2.22. The van der Waals surface area contributed by atoms with Crippen molar-refractivity contribution in [2.24, 2.45) is 0 Å². The van der Waals surface area contributed by atoms with Crippen molar-refractivity contribution < 1.29 is 24.4 Å². The molecule has 1 atom stereocenters. The van der Waals surface area contributed by atoms with Gasteiger partial charge in [-0.1, -0.05) is 6.92 Å². The molecule has 0 aliphatic carbocycles. The van der Waals surface area contributed by atoms with Crippen molar-refractivity contribution in [3.05, 3.63) is 33.9 Å². The van der Waals surface area contributed by atoms with E-state index in [-0.39, 0.29) is 30.2 Å². The number of carbonyl (C=O) groups is 2. The summed E-state index contributed by atoms with van der Waals surface area (Å²) in [5.74, 6) is -1.36. The summed E-state index contributed by atoms with van der Waals surface area (Å²) in [6, 6.07) is 2.78. The smallest absolute Gasteiger partial charge is 0.326 e. The van der Waals surface area contributed by atoms with E-state index in [1.54, 1.807) is 6.92 Å². The number of nitrogens with zero attached hydrogens (tertiary/aromatic N) is 1. The molecule has 1 unspecified atom stereocenters. The molecule has 2 N–H and O–H groups in total. The largest absolute Gasteiger partial charge is 0.496 e. The SMILES string of the molecule is CCC(=O)NC(Cc1ccc([N+](=O)[O-])cc1OC)C(=O)O. The summed E-state index contributed by atoms with van der Waals surface area (Å²) >= 11 is 0. The van der Waals surface area contributed by atoms with Gasteiger partial charge in [0.15, 0.2) is 0 Å². The standard InChI is InChI=1S/C13H16N2O6/c1-3-12(16)14-10(13(17)18)6-8-4-5-9(15(19)20)7-11(8)21-2/h4-5,7,10H,3,6H2,1-2H3,(H,14,16)(H,17,18). The molecule has 0 fully saturated rings. The fourth-order valence-electron chi connectivity index (χ4n) is 1.73. The molecule has 0 bridgehead atoms. The molecular formula is C13H16N2O6. The second-order valence-corrected chi connectivity index (χ2v) is 4.27. The van der Waals surface area contributed by atoms with Crippen LogP contribution in [-0.2, 0) is 16.0 Å². The Balaban J connectivity index is 3.00. The van der Waals surface area contributed by atoms with Gasteiger partial charge in [0.25, 0.3) is 5.69 Å². The molecule has 0 saturated heterocycles. The molecule has 0 aromatic heterocycles. The van der Waals surface area contributed by atoms with E-state index in [1.165, 1.54) is 25.3 Å². The summed E-state index contributed by atoms with van der Waals surface area (Å²) in [4.78, 5) is 32.6. The number of hydrogen-bond acceptors (Lipinski definition) is 5. The zero-order chi connectivity index (χ0) is 16.0. The Kier molecular flexibility index (Phi) is 5.65. The molecule has 114 valence electrons. The number of carboxylic acids is 1. The van der Waals surface area contributed by atoms with Gasteiger partial charge in [-0.3, -0.25) is 14.9 Å². The first-order valence-corrected chi connectivity index (χ1v) is 6.22. The number of benzene rings is 1. The highest BCUT2D eigenvalue weighted by Crippen LogP contribution is 2.25. The lowest BCUT2D eigenvalue weighted by atomic mass is 10.0. The number of hydrogen-bond donors (Lipinski definition) is 2. The van der Waals surface area contributed by atoms with Crippen LogP contribution in [0, 0.1) is 10.1 Å². The Hall–Kier alpha value is -2.64. The van der Waals surface area contributed by atoms with Crippen LogP contribution >= 0.6 is 0 Å². The number of nitro benzene ring substituents is 1. The number of non-ortho nitro benzene ring substituents is 1. The molecule has 0 spiro atoms. The molecule has 0 heterocycles. The molecule has 8 nitrogen and oxygen atoms in total. The van der Waals surface area contributed by atoms with Gasteiger partial charge >= 0.3 is 5.97 Å². The van der Waals surface area contributed by atoms with E-state index in [0.717, 1.165) is 0 Å². The first kappa shape index (κ1) is 16.4. The first-order chi connectivity index (χ1) is 9.88. The number of methoxy groups -OCH3 is 1. The molecule has 0 aliphatic heterocycles. The van der Waals surface area contributed by atoms with Crippen LogP contribution in [0.1, 0.15) is 18.9 Å². The molecule has 0 radical (unpaired) electrons. The van der Waals surface area contributed by atoms with Crippen molar-refractivity contribution in [3.63, 3.8) is 0 Å². The van der Waals surface area contributed by atoms with E-state index in [1.807, 2.05) is 0 Å². The fraction of sp³-hybridized carbons (Fsp3) is 0.385. The van der Waals surface area contributed by atoms with Crippen molar-refractivity contribution >= 4 is 17.6 Å². The lowest BCUT2D eigenvalue weighted by Crippen LogP contribution is -2.42. The first-order valence-electron chi connectivity index (χ1n) is 6.22. The van der Waals surface area contributed by atoms with Crippen LogP contribution in [0.3, 0.4) is 0 Å². The normalized spacial score (nSPS) is 11.5. The van der Waals surface area contributed by atoms with E-state index in [4.69, 9.17) is 9.84 Å². The average Bonchev–Trinajstić information content (AvgIpc) is 2.46. The minimum Gasteiger partial charge on any atom is -0.496 e. The Labute approximate surface area is 120 Å². The highest BCUT2D eigenvalue weighted by molar-refractivity contribution is 5.83. The molecule has 1 rings (SSSR count). The molecule has 21 heavy (non-hydrogen) atoms. The second-order valence-electron chi connectivity index (χ2n) is 4.27. The Morgan fingerprint density at radius 1 is 1.48 bits per heavy atom.